The summed E-state index contributed by atoms with van der Waals surface area (Å²) in [5.74, 6) is 1.75. The first-order valence-electron chi connectivity index (χ1n) is 6.24. The maximum atomic E-state index is 5.90. The quantitative estimate of drug-likeness (QED) is 0.753. The maximum Gasteiger partial charge on any atom is 0.122 e. The van der Waals surface area contributed by atoms with Gasteiger partial charge in [-0.2, -0.15) is 0 Å². The topological polar surface area (TPSA) is 18.5 Å². The van der Waals surface area contributed by atoms with Gasteiger partial charge in [0.1, 0.15) is 24.7 Å². The fraction of sp³-hybridized carbons (Fsp3) is 0.250. The number of ether oxygens (including phenoxy) is 2. The molecule has 0 aliphatic rings. The molecule has 0 aromatic heterocycles. The average molecular weight is 277 g/mol. The molecule has 2 aromatic carbocycles. The molecule has 2 nitrogen and oxygen atoms in total. The van der Waals surface area contributed by atoms with Gasteiger partial charge in [0.2, 0.25) is 0 Å². The van der Waals surface area contributed by atoms with Crippen LogP contribution in [0.15, 0.2) is 42.5 Å². The third-order valence-electron chi connectivity index (χ3n) is 2.83. The van der Waals surface area contributed by atoms with Gasteiger partial charge in [0.25, 0.3) is 0 Å². The van der Waals surface area contributed by atoms with Gasteiger partial charge in [0, 0.05) is 5.02 Å². The van der Waals surface area contributed by atoms with Crippen LogP contribution < -0.4 is 9.47 Å². The average Bonchev–Trinajstić information content (AvgIpc) is 2.38. The summed E-state index contributed by atoms with van der Waals surface area (Å²) in [6.07, 6.45) is 0. The van der Waals surface area contributed by atoms with Crippen molar-refractivity contribution in [2.24, 2.45) is 0 Å². The first-order chi connectivity index (χ1) is 9.16. The Hall–Kier alpha value is -1.67. The number of hydrogen-bond acceptors (Lipinski definition) is 2. The summed E-state index contributed by atoms with van der Waals surface area (Å²) in [6, 6.07) is 13.5. The Kier molecular flexibility index (Phi) is 4.69. The molecule has 0 atom stereocenters. The second kappa shape index (κ2) is 6.48. The molecule has 0 amide bonds. The molecular weight excluding hydrogens is 260 g/mol. The number of hydrogen-bond donors (Lipinski definition) is 0. The molecule has 0 heterocycles. The lowest BCUT2D eigenvalue weighted by Gasteiger charge is -2.11. The second-order valence-electron chi connectivity index (χ2n) is 4.37. The van der Waals surface area contributed by atoms with Crippen molar-refractivity contribution >= 4 is 11.6 Å². The van der Waals surface area contributed by atoms with E-state index in [0.717, 1.165) is 27.6 Å². The van der Waals surface area contributed by atoms with E-state index >= 15 is 0 Å². The van der Waals surface area contributed by atoms with Crippen LogP contribution in [0.3, 0.4) is 0 Å². The molecule has 100 valence electrons. The van der Waals surface area contributed by atoms with Crippen molar-refractivity contribution in [3.8, 4) is 11.5 Å². The van der Waals surface area contributed by atoms with Crippen molar-refractivity contribution in [1.82, 2.24) is 0 Å². The van der Waals surface area contributed by atoms with Crippen LogP contribution in [0.25, 0.3) is 0 Å². The third-order valence-corrected chi connectivity index (χ3v) is 3.06. The summed E-state index contributed by atoms with van der Waals surface area (Å²) >= 11 is 5.90. The first-order valence-corrected chi connectivity index (χ1v) is 6.62. The van der Waals surface area contributed by atoms with Gasteiger partial charge >= 0.3 is 0 Å². The largest absolute Gasteiger partial charge is 0.490 e. The Morgan fingerprint density at radius 1 is 0.842 bits per heavy atom. The van der Waals surface area contributed by atoms with Crippen LogP contribution in [0, 0.1) is 13.8 Å². The normalized spacial score (nSPS) is 10.3. The predicted octanol–water partition coefficient (Wildman–Crippen LogP) is 4.41. The van der Waals surface area contributed by atoms with Gasteiger partial charge in [-0.05, 0) is 49.2 Å². The van der Waals surface area contributed by atoms with Crippen LogP contribution in [0.4, 0.5) is 0 Å². The Morgan fingerprint density at radius 2 is 1.47 bits per heavy atom. The van der Waals surface area contributed by atoms with E-state index in [0.29, 0.717) is 13.2 Å². The predicted molar refractivity (Wildman–Crippen MR) is 78.4 cm³/mol. The highest BCUT2D eigenvalue weighted by Crippen LogP contribution is 2.22. The van der Waals surface area contributed by atoms with Gasteiger partial charge in [0.15, 0.2) is 0 Å². The fourth-order valence-corrected chi connectivity index (χ4v) is 2.02. The van der Waals surface area contributed by atoms with Crippen molar-refractivity contribution in [3.63, 3.8) is 0 Å². The zero-order valence-corrected chi connectivity index (χ0v) is 11.9. The van der Waals surface area contributed by atoms with E-state index < -0.39 is 0 Å². The maximum absolute atomic E-state index is 5.90. The highest BCUT2D eigenvalue weighted by Gasteiger charge is 2.01. The van der Waals surface area contributed by atoms with Crippen LogP contribution in [0.1, 0.15) is 11.1 Å². The second-order valence-corrected chi connectivity index (χ2v) is 4.81. The summed E-state index contributed by atoms with van der Waals surface area (Å²) in [5.41, 5.74) is 2.16. The van der Waals surface area contributed by atoms with E-state index in [1.807, 2.05) is 56.3 Å². The molecule has 0 unspecified atom stereocenters. The summed E-state index contributed by atoms with van der Waals surface area (Å²) in [6.45, 7) is 5.03. The van der Waals surface area contributed by atoms with Gasteiger partial charge in [-0.25, -0.2) is 0 Å². The third kappa shape index (κ3) is 3.90. The monoisotopic (exact) mass is 276 g/mol. The number of aryl methyl sites for hydroxylation is 2. The van der Waals surface area contributed by atoms with E-state index in [1.165, 1.54) is 0 Å². The van der Waals surface area contributed by atoms with E-state index in [1.54, 1.807) is 0 Å². The lowest BCUT2D eigenvalue weighted by Crippen LogP contribution is -2.10. The van der Waals surface area contributed by atoms with Gasteiger partial charge in [-0.15, -0.1) is 0 Å². The molecule has 2 rings (SSSR count). The van der Waals surface area contributed by atoms with Gasteiger partial charge in [-0.1, -0.05) is 29.8 Å². The van der Waals surface area contributed by atoms with Crippen molar-refractivity contribution in [2.75, 3.05) is 13.2 Å². The lowest BCUT2D eigenvalue weighted by atomic mass is 10.2. The van der Waals surface area contributed by atoms with Gasteiger partial charge in [-0.3, -0.25) is 0 Å². The van der Waals surface area contributed by atoms with Crippen molar-refractivity contribution in [1.29, 1.82) is 0 Å². The van der Waals surface area contributed by atoms with E-state index in [4.69, 9.17) is 21.1 Å². The number of para-hydroxylation sites is 1. The summed E-state index contributed by atoms with van der Waals surface area (Å²) < 4.78 is 11.3. The first kappa shape index (κ1) is 13.8. The van der Waals surface area contributed by atoms with E-state index in [9.17, 15) is 0 Å². The summed E-state index contributed by atoms with van der Waals surface area (Å²) in [5, 5.41) is 0.723. The highest BCUT2D eigenvalue weighted by molar-refractivity contribution is 6.30. The SMILES string of the molecule is Cc1ccccc1OCCOc1ccc(Cl)cc1C. The molecule has 0 bridgehead atoms. The molecule has 0 fully saturated rings. The minimum absolute atomic E-state index is 0.511. The van der Waals surface area contributed by atoms with Crippen LogP contribution in [0.2, 0.25) is 5.02 Å². The number of benzene rings is 2. The highest BCUT2D eigenvalue weighted by atomic mass is 35.5. The Labute approximate surface area is 118 Å². The Bertz CT molecular complexity index is 552. The van der Waals surface area contributed by atoms with Crippen LogP contribution in [-0.4, -0.2) is 13.2 Å². The molecule has 0 saturated heterocycles. The summed E-state index contributed by atoms with van der Waals surface area (Å²) in [7, 11) is 0. The van der Waals surface area contributed by atoms with Crippen molar-refractivity contribution in [2.45, 2.75) is 13.8 Å². The summed E-state index contributed by atoms with van der Waals surface area (Å²) in [4.78, 5) is 0. The number of rotatable bonds is 5. The zero-order chi connectivity index (χ0) is 13.7. The molecule has 0 radical (unpaired) electrons. The Balaban J connectivity index is 1.83. The lowest BCUT2D eigenvalue weighted by molar-refractivity contribution is 0.215. The molecular formula is C16H17ClO2. The van der Waals surface area contributed by atoms with Crippen LogP contribution in [0.5, 0.6) is 11.5 Å². The molecule has 0 aliphatic carbocycles. The molecule has 2 aromatic rings. The van der Waals surface area contributed by atoms with Crippen molar-refractivity contribution in [3.05, 3.63) is 58.6 Å². The van der Waals surface area contributed by atoms with Gasteiger partial charge in [0.05, 0.1) is 0 Å². The fourth-order valence-electron chi connectivity index (χ4n) is 1.80. The zero-order valence-electron chi connectivity index (χ0n) is 11.2. The molecule has 3 heteroatoms. The molecule has 0 spiro atoms. The molecule has 19 heavy (non-hydrogen) atoms. The van der Waals surface area contributed by atoms with Crippen LogP contribution >= 0.6 is 11.6 Å². The van der Waals surface area contributed by atoms with Gasteiger partial charge < -0.3 is 9.47 Å². The molecule has 0 N–H and O–H groups in total. The molecule has 0 aliphatic heterocycles. The minimum Gasteiger partial charge on any atom is -0.490 e. The Morgan fingerprint density at radius 3 is 2.11 bits per heavy atom. The number of halogens is 1. The molecule has 0 saturated carbocycles. The van der Waals surface area contributed by atoms with Crippen LogP contribution in [-0.2, 0) is 0 Å². The van der Waals surface area contributed by atoms with E-state index in [-0.39, 0.29) is 0 Å². The standard InChI is InChI=1S/C16H17ClO2/c1-12-5-3-4-6-15(12)18-9-10-19-16-8-7-14(17)11-13(16)2/h3-8,11H,9-10H2,1-2H3. The minimum atomic E-state index is 0.511. The van der Waals surface area contributed by atoms with Crippen molar-refractivity contribution < 1.29 is 9.47 Å². The smallest absolute Gasteiger partial charge is 0.122 e. The van der Waals surface area contributed by atoms with E-state index in [2.05, 4.69) is 0 Å².